The lowest BCUT2D eigenvalue weighted by Gasteiger charge is -2.17. The van der Waals surface area contributed by atoms with Crippen LogP contribution in [0.2, 0.25) is 0 Å². The van der Waals surface area contributed by atoms with Gasteiger partial charge in [0.2, 0.25) is 11.7 Å². The predicted molar refractivity (Wildman–Crippen MR) is 150 cm³/mol. The lowest BCUT2D eigenvalue weighted by atomic mass is 10.0. The first kappa shape index (κ1) is 32.2. The summed E-state index contributed by atoms with van der Waals surface area (Å²) in [5, 5.41) is 14.1. The van der Waals surface area contributed by atoms with Crippen molar-refractivity contribution in [3.63, 3.8) is 0 Å². The molecule has 0 bridgehead atoms. The summed E-state index contributed by atoms with van der Waals surface area (Å²) in [5.74, 6) is -1.01. The summed E-state index contributed by atoms with van der Waals surface area (Å²) < 4.78 is 31.5. The molecule has 3 aromatic rings. The first-order chi connectivity index (χ1) is 20.1. The van der Waals surface area contributed by atoms with Crippen molar-refractivity contribution in [2.45, 2.75) is 70.5 Å². The van der Waals surface area contributed by atoms with Crippen LogP contribution in [-0.2, 0) is 20.8 Å². The number of aromatic amines is 1. The van der Waals surface area contributed by atoms with Gasteiger partial charge in [0.1, 0.15) is 23.6 Å². The van der Waals surface area contributed by atoms with E-state index in [1.165, 1.54) is 0 Å². The molecule has 0 fully saturated rings. The van der Waals surface area contributed by atoms with Crippen LogP contribution in [0, 0.1) is 0 Å². The van der Waals surface area contributed by atoms with Gasteiger partial charge in [0, 0.05) is 31.2 Å². The van der Waals surface area contributed by atoms with E-state index in [1.54, 1.807) is 0 Å². The Labute approximate surface area is 241 Å². The topological polar surface area (TPSA) is 144 Å². The van der Waals surface area contributed by atoms with Gasteiger partial charge in [-0.2, -0.15) is 13.2 Å². The second-order valence-corrected chi connectivity index (χ2v) is 9.75. The van der Waals surface area contributed by atoms with Crippen LogP contribution in [0.25, 0.3) is 16.7 Å². The molecule has 4 rings (SSSR count). The minimum Gasteiger partial charge on any atom is -0.542 e. The smallest absolute Gasteiger partial charge is 0.430 e. The molecule has 1 amide bonds. The Balaban J connectivity index is 0.000000616. The normalized spacial score (nSPS) is 13.5. The van der Waals surface area contributed by atoms with Gasteiger partial charge in [0.25, 0.3) is 0 Å². The SMILES string of the molecule is CCC(=O)CCCCC[C@H](NC(=O)CCc1nc2ccccc2[nH]1)C1=NC=C(c2ccccc2)[NH2+]1.O=C([O-])C(F)(F)F. The number of nitrogens with one attached hydrogen (secondary N) is 2. The minimum atomic E-state index is -5.19. The molecule has 0 saturated carbocycles. The number of aliphatic carboxylic acids is 1. The Morgan fingerprint density at radius 2 is 1.69 bits per heavy atom. The molecule has 1 aliphatic heterocycles. The van der Waals surface area contributed by atoms with Crippen molar-refractivity contribution in [1.29, 1.82) is 0 Å². The maximum atomic E-state index is 12.9. The monoisotopic (exact) mass is 585 g/mol. The van der Waals surface area contributed by atoms with Crippen LogP contribution in [0.4, 0.5) is 13.2 Å². The van der Waals surface area contributed by atoms with Crippen molar-refractivity contribution >= 4 is 40.2 Å². The summed E-state index contributed by atoms with van der Waals surface area (Å²) in [5.41, 5.74) is 4.06. The number of carbonyl (C=O) groups is 3. The molecule has 1 atom stereocenters. The number of aryl methyl sites for hydroxylation is 1. The Morgan fingerprint density at radius 1 is 1.00 bits per heavy atom. The third kappa shape index (κ3) is 10.3. The second-order valence-electron chi connectivity index (χ2n) is 9.75. The average Bonchev–Trinajstić information content (AvgIpc) is 3.63. The molecule has 1 aromatic heterocycles. The van der Waals surface area contributed by atoms with E-state index in [1.807, 2.05) is 55.6 Å². The van der Waals surface area contributed by atoms with Gasteiger partial charge in [-0.15, -0.1) is 0 Å². The number of carboxylic acids is 1. The van der Waals surface area contributed by atoms with Crippen LogP contribution < -0.4 is 15.7 Å². The van der Waals surface area contributed by atoms with Gasteiger partial charge in [-0.25, -0.2) is 9.98 Å². The van der Waals surface area contributed by atoms with Gasteiger partial charge in [0.15, 0.2) is 5.70 Å². The van der Waals surface area contributed by atoms with Gasteiger partial charge < -0.3 is 20.2 Å². The molecule has 2 aromatic carbocycles. The summed E-state index contributed by atoms with van der Waals surface area (Å²) in [7, 11) is 0. The van der Waals surface area contributed by atoms with Gasteiger partial charge in [-0.3, -0.25) is 14.9 Å². The van der Waals surface area contributed by atoms with Gasteiger partial charge in [0.05, 0.1) is 17.2 Å². The Kier molecular flexibility index (Phi) is 12.0. The molecule has 224 valence electrons. The molecular weight excluding hydrogens is 551 g/mol. The number of imidazole rings is 1. The highest BCUT2D eigenvalue weighted by atomic mass is 19.4. The number of alkyl halides is 3. The number of nitrogens with zero attached hydrogens (tertiary/aromatic N) is 2. The van der Waals surface area contributed by atoms with Crippen LogP contribution in [0.5, 0.6) is 0 Å². The Morgan fingerprint density at radius 3 is 2.36 bits per heavy atom. The summed E-state index contributed by atoms with van der Waals surface area (Å²) in [6, 6.07) is 17.9. The molecular formula is C30H34F3N5O4. The number of aromatic nitrogens is 2. The Bertz CT molecular complexity index is 1380. The number of quaternary nitrogens is 1. The van der Waals surface area contributed by atoms with E-state index in [0.717, 1.165) is 59.6 Å². The fourth-order valence-electron chi connectivity index (χ4n) is 4.30. The minimum absolute atomic E-state index is 0.0131. The molecule has 0 radical (unpaired) electrons. The van der Waals surface area contributed by atoms with E-state index >= 15 is 0 Å². The number of amides is 1. The van der Waals surface area contributed by atoms with Crippen LogP contribution in [-0.4, -0.2) is 45.7 Å². The number of fused-ring (bicyclic) bond motifs is 1. The van der Waals surface area contributed by atoms with Crippen molar-refractivity contribution in [3.8, 4) is 0 Å². The number of ketones is 1. The average molecular weight is 586 g/mol. The van der Waals surface area contributed by atoms with E-state index < -0.39 is 12.1 Å². The molecule has 0 unspecified atom stereocenters. The molecule has 2 heterocycles. The van der Waals surface area contributed by atoms with E-state index in [4.69, 9.17) is 9.90 Å². The number of carboxylic acid groups (broad SMARTS) is 1. The highest BCUT2D eigenvalue weighted by molar-refractivity contribution is 5.90. The van der Waals surface area contributed by atoms with E-state index in [2.05, 4.69) is 37.7 Å². The molecule has 9 nitrogen and oxygen atoms in total. The maximum absolute atomic E-state index is 12.9. The summed E-state index contributed by atoms with van der Waals surface area (Å²) in [6.07, 6.45) is 2.40. The lowest BCUT2D eigenvalue weighted by molar-refractivity contribution is -0.434. The second kappa shape index (κ2) is 15.6. The van der Waals surface area contributed by atoms with Crippen LogP contribution in [0.15, 0.2) is 65.8 Å². The number of unbranched alkanes of at least 4 members (excludes halogenated alkanes) is 2. The van der Waals surface area contributed by atoms with Crippen molar-refractivity contribution in [2.24, 2.45) is 4.99 Å². The van der Waals surface area contributed by atoms with Crippen molar-refractivity contribution in [1.82, 2.24) is 15.3 Å². The first-order valence-corrected chi connectivity index (χ1v) is 13.8. The quantitative estimate of drug-likeness (QED) is 0.264. The zero-order valence-corrected chi connectivity index (χ0v) is 23.2. The number of para-hydroxylation sites is 2. The molecule has 0 aliphatic carbocycles. The molecule has 0 spiro atoms. The predicted octanol–water partition coefficient (Wildman–Crippen LogP) is 3.18. The Hall–Kier alpha value is -4.32. The van der Waals surface area contributed by atoms with E-state index in [0.29, 0.717) is 31.5 Å². The number of hydrogen-bond donors (Lipinski definition) is 3. The molecule has 4 N–H and O–H groups in total. The van der Waals surface area contributed by atoms with Crippen LogP contribution in [0.1, 0.15) is 63.3 Å². The summed E-state index contributed by atoms with van der Waals surface area (Å²) in [6.45, 7) is 1.91. The standard InChI is InChI=1S/C28H33N5O2.C2HF3O2/c1-2-21(34)13-7-4-8-16-24(28-29-19-25(33-28)20-11-5-3-6-12-20)32-27(35)18-17-26-30-22-14-9-10-15-23(22)31-26;3-2(4,5)1(6)7/h3,5-6,9-12,14-15,19,24H,2,4,7-8,13,16-18H2,1H3,(H,29,33)(H,30,31)(H,32,35);(H,6,7)/t24-;/m0./s1. The zero-order chi connectivity index (χ0) is 30.5. The highest BCUT2D eigenvalue weighted by Crippen LogP contribution is 2.14. The number of amidine groups is 1. The third-order valence-electron chi connectivity index (χ3n) is 6.56. The van der Waals surface area contributed by atoms with E-state index in [9.17, 15) is 22.8 Å². The van der Waals surface area contributed by atoms with E-state index in [-0.39, 0.29) is 11.9 Å². The maximum Gasteiger partial charge on any atom is 0.430 e. The number of benzene rings is 2. The fraction of sp³-hybridized carbons (Fsp3) is 0.367. The number of nitrogens with two attached hydrogens (primary N) is 1. The summed E-state index contributed by atoms with van der Waals surface area (Å²) in [4.78, 5) is 45.8. The van der Waals surface area contributed by atoms with Gasteiger partial charge in [-0.1, -0.05) is 50.1 Å². The zero-order valence-electron chi connectivity index (χ0n) is 23.2. The molecule has 1 aliphatic rings. The van der Waals surface area contributed by atoms with Crippen LogP contribution >= 0.6 is 0 Å². The fourth-order valence-corrected chi connectivity index (χ4v) is 4.30. The van der Waals surface area contributed by atoms with Crippen LogP contribution in [0.3, 0.4) is 0 Å². The largest absolute Gasteiger partial charge is 0.542 e. The first-order valence-electron chi connectivity index (χ1n) is 13.8. The molecule has 42 heavy (non-hydrogen) atoms. The van der Waals surface area contributed by atoms with Crippen molar-refractivity contribution in [2.75, 3.05) is 0 Å². The number of hydrogen-bond acceptors (Lipinski definition) is 6. The van der Waals surface area contributed by atoms with Gasteiger partial charge >= 0.3 is 6.18 Å². The third-order valence-corrected chi connectivity index (χ3v) is 6.56. The van der Waals surface area contributed by atoms with Gasteiger partial charge in [-0.05, 0) is 37.1 Å². The molecule has 12 heteroatoms. The molecule has 0 saturated heterocycles. The number of Topliss-reactive ketones (excluding diaryl/α,β-unsaturated/α-hetero) is 1. The highest BCUT2D eigenvalue weighted by Gasteiger charge is 2.29. The number of rotatable bonds is 13. The van der Waals surface area contributed by atoms with Crippen molar-refractivity contribution < 1.29 is 38.0 Å². The number of halogens is 3. The lowest BCUT2D eigenvalue weighted by Crippen LogP contribution is -2.87. The van der Waals surface area contributed by atoms with Crippen molar-refractivity contribution in [3.05, 3.63) is 72.2 Å². The number of H-pyrrole nitrogens is 1. The number of carbonyl (C=O) groups excluding carboxylic acids is 3. The number of aliphatic imine (C=N–C) groups is 1. The summed E-state index contributed by atoms with van der Waals surface area (Å²) >= 11 is 0.